The molecule has 3 aromatic rings. The van der Waals surface area contributed by atoms with Gasteiger partial charge in [0, 0.05) is 43.4 Å². The summed E-state index contributed by atoms with van der Waals surface area (Å²) in [7, 11) is -5.44. The quantitative estimate of drug-likeness (QED) is 0.182. The van der Waals surface area contributed by atoms with Crippen LogP contribution in [0.3, 0.4) is 0 Å². The van der Waals surface area contributed by atoms with E-state index in [1.807, 2.05) is 6.92 Å². The van der Waals surface area contributed by atoms with Crippen molar-refractivity contribution in [3.05, 3.63) is 52.5 Å². The Bertz CT molecular complexity index is 1970. The highest BCUT2D eigenvalue weighted by Gasteiger charge is 2.35. The van der Waals surface area contributed by atoms with E-state index in [0.29, 0.717) is 56.2 Å². The maximum atomic E-state index is 12.4. The number of carbonyl (C=O) groups excluding carboxylic acids is 2. The van der Waals surface area contributed by atoms with E-state index in [2.05, 4.69) is 5.32 Å². The number of aliphatic carboxylic acids is 1. The molecule has 0 bridgehead atoms. The fraction of sp³-hybridized carbons (Fsp3) is 0.571. The highest BCUT2D eigenvalue weighted by molar-refractivity contribution is 8.15. The van der Waals surface area contributed by atoms with Gasteiger partial charge in [-0.15, -0.1) is 34.0 Å². The molecule has 0 saturated carbocycles. The number of sulfonamides is 2. The van der Waals surface area contributed by atoms with Crippen molar-refractivity contribution in [1.29, 1.82) is 0 Å². The first-order valence-corrected chi connectivity index (χ1v) is 25.7. The van der Waals surface area contributed by atoms with E-state index >= 15 is 0 Å². The Hall–Kier alpha value is -2.47. The van der Waals surface area contributed by atoms with Crippen LogP contribution in [-0.2, 0) is 53.0 Å². The molecule has 0 spiro atoms. The van der Waals surface area contributed by atoms with Crippen molar-refractivity contribution in [2.24, 2.45) is 17.8 Å². The first-order valence-electron chi connectivity index (χ1n) is 17.8. The molecule has 322 valence electrons. The Morgan fingerprint density at radius 2 is 1.14 bits per heavy atom. The number of thiophene rings is 3. The number of carboxylic acid groups (broad SMARTS) is 1. The molecule has 0 amide bonds. The zero-order chi connectivity index (χ0) is 41.4. The maximum Gasteiger partial charge on any atom is 0.310 e. The fourth-order valence-corrected chi connectivity index (χ4v) is 12.9. The van der Waals surface area contributed by atoms with E-state index in [1.165, 1.54) is 26.0 Å². The lowest BCUT2D eigenvalue weighted by atomic mass is 10.0. The van der Waals surface area contributed by atoms with Crippen LogP contribution in [0.4, 0.5) is 0 Å². The molecular weight excluding hydrogens is 882 g/mol. The second-order valence-corrected chi connectivity index (χ2v) is 22.5. The number of nitrogens with zero attached hydrogens (tertiary/aromatic N) is 2. The Balaban J connectivity index is 0.000000271. The third-order valence-corrected chi connectivity index (χ3v) is 18.0. The second kappa shape index (κ2) is 24.6. The van der Waals surface area contributed by atoms with Gasteiger partial charge in [-0.25, -0.2) is 25.3 Å². The lowest BCUT2D eigenvalue weighted by Gasteiger charge is -2.30. The van der Waals surface area contributed by atoms with Gasteiger partial charge in [-0.1, -0.05) is 25.6 Å². The number of ether oxygens (including phenoxy) is 2. The highest BCUT2D eigenvalue weighted by atomic mass is 35.7. The van der Waals surface area contributed by atoms with Gasteiger partial charge >= 0.3 is 17.9 Å². The zero-order valence-electron chi connectivity index (χ0n) is 31.0. The molecule has 3 saturated heterocycles. The minimum atomic E-state index is -3.50. The summed E-state index contributed by atoms with van der Waals surface area (Å²) in [6.07, 6.45) is 4.59. The van der Waals surface area contributed by atoms with Crippen molar-refractivity contribution in [2.45, 2.75) is 72.4 Å². The van der Waals surface area contributed by atoms with Gasteiger partial charge in [0.15, 0.2) is 0 Å². The molecule has 3 atom stereocenters. The average molecular weight is 935 g/mol. The van der Waals surface area contributed by atoms with Crippen LogP contribution in [0.5, 0.6) is 0 Å². The number of piperidine rings is 3. The van der Waals surface area contributed by atoms with Gasteiger partial charge in [-0.05, 0) is 93.3 Å². The lowest BCUT2D eigenvalue weighted by Crippen LogP contribution is -2.42. The van der Waals surface area contributed by atoms with E-state index < -0.39 is 41.0 Å². The molecule has 15 nitrogen and oxygen atoms in total. The smallest absolute Gasteiger partial charge is 0.310 e. The molecule has 3 aliphatic rings. The molecule has 3 fully saturated rings. The number of rotatable bonds is 10. The van der Waals surface area contributed by atoms with Crippen LogP contribution in [0.25, 0.3) is 0 Å². The molecule has 0 aliphatic carbocycles. The number of hydrogen-bond donors (Lipinski definition) is 2. The molecule has 6 rings (SSSR count). The highest BCUT2D eigenvalue weighted by Crippen LogP contribution is 2.28. The maximum absolute atomic E-state index is 12.4. The van der Waals surface area contributed by atoms with E-state index in [9.17, 15) is 39.6 Å². The number of carbonyl (C=O) groups is 3. The van der Waals surface area contributed by atoms with Gasteiger partial charge in [0.05, 0.1) is 31.0 Å². The summed E-state index contributed by atoms with van der Waals surface area (Å²) in [5.41, 5.74) is 0. The molecule has 0 unspecified atom stereocenters. The Morgan fingerprint density at radius 1 is 0.719 bits per heavy atom. The van der Waals surface area contributed by atoms with Crippen molar-refractivity contribution >= 4 is 91.7 Å². The summed E-state index contributed by atoms with van der Waals surface area (Å²) in [6.45, 7) is 7.42. The number of carboxylic acids is 1. The van der Waals surface area contributed by atoms with Crippen LogP contribution in [-0.4, -0.2) is 109 Å². The largest absolute Gasteiger partial charge is 0.481 e. The predicted octanol–water partition coefficient (Wildman–Crippen LogP) is 5.81. The number of esters is 2. The van der Waals surface area contributed by atoms with Crippen LogP contribution in [0.2, 0.25) is 0 Å². The van der Waals surface area contributed by atoms with Crippen LogP contribution in [0.1, 0.15) is 59.8 Å². The van der Waals surface area contributed by atoms with Crippen molar-refractivity contribution in [2.75, 3.05) is 52.5 Å². The molecule has 22 heteroatoms. The average Bonchev–Trinajstić information content (AvgIpc) is 4.02. The normalized spacial score (nSPS) is 20.4. The van der Waals surface area contributed by atoms with Crippen LogP contribution < -0.4 is 5.32 Å². The van der Waals surface area contributed by atoms with Gasteiger partial charge in [0.25, 0.3) is 29.1 Å². The summed E-state index contributed by atoms with van der Waals surface area (Å²) in [5, 5.41) is 17.2. The fourth-order valence-electron chi connectivity index (χ4n) is 5.77. The minimum Gasteiger partial charge on any atom is -0.481 e. The summed E-state index contributed by atoms with van der Waals surface area (Å²) >= 11 is 3.46. The molecule has 6 heterocycles. The molecule has 3 aromatic heterocycles. The number of halogens is 1. The van der Waals surface area contributed by atoms with Crippen LogP contribution in [0.15, 0.2) is 65.2 Å². The SMILES string of the molecule is C.CCOC(=O)[C@@H]1CCCN(S(=O)(=O)c2cccs2)C1.CCOC(=O)[C@@H]1CCCNC1.O=C(O)[C@@H]1CCCN(S(=O)(=O)c2cccs2)C1.O=S(=O)(Cl)c1cccs1. The Morgan fingerprint density at radius 3 is 1.51 bits per heavy atom. The van der Waals surface area contributed by atoms with E-state index in [0.717, 1.165) is 48.6 Å². The van der Waals surface area contributed by atoms with Gasteiger partial charge in [0.1, 0.15) is 12.6 Å². The molecule has 0 aromatic carbocycles. The summed E-state index contributed by atoms with van der Waals surface area (Å²) in [6, 6.07) is 9.63. The Labute approximate surface area is 352 Å². The number of hydrogen-bond acceptors (Lipinski definition) is 15. The van der Waals surface area contributed by atoms with Crippen LogP contribution in [0, 0.1) is 17.8 Å². The predicted molar refractivity (Wildman–Crippen MR) is 222 cm³/mol. The molecule has 3 aliphatic heterocycles. The van der Waals surface area contributed by atoms with Gasteiger partial charge in [-0.3, -0.25) is 14.4 Å². The molecule has 57 heavy (non-hydrogen) atoms. The lowest BCUT2D eigenvalue weighted by molar-refractivity contribution is -0.149. The van der Waals surface area contributed by atoms with Crippen molar-refractivity contribution in [3.63, 3.8) is 0 Å². The van der Waals surface area contributed by atoms with Crippen LogP contribution >= 0.6 is 44.7 Å². The van der Waals surface area contributed by atoms with Gasteiger partial charge < -0.3 is 19.9 Å². The Kier molecular flexibility index (Phi) is 21.8. The van der Waals surface area contributed by atoms with E-state index in [-0.39, 0.29) is 52.7 Å². The van der Waals surface area contributed by atoms with Crippen molar-refractivity contribution in [1.82, 2.24) is 13.9 Å². The first-order chi connectivity index (χ1) is 26.5. The zero-order valence-corrected chi connectivity index (χ0v) is 36.6. The summed E-state index contributed by atoms with van der Waals surface area (Å²) in [5.74, 6) is -2.09. The molecular formula is C35H52ClN3O12S6. The molecule has 2 N–H and O–H groups in total. The molecule has 0 radical (unpaired) electrons. The van der Waals surface area contributed by atoms with Crippen molar-refractivity contribution in [3.8, 4) is 0 Å². The number of nitrogens with one attached hydrogen (secondary N) is 1. The second-order valence-electron chi connectivity index (χ2n) is 12.5. The first kappa shape index (κ1) is 50.7. The topological polar surface area (TPSA) is 211 Å². The van der Waals surface area contributed by atoms with Crippen molar-refractivity contribution < 1.29 is 54.2 Å². The summed E-state index contributed by atoms with van der Waals surface area (Å²) < 4.78 is 83.3. The summed E-state index contributed by atoms with van der Waals surface area (Å²) in [4.78, 5) is 33.7. The standard InChI is InChI=1S/C12H17NO4S2.C10H13NO4S2.C8H15NO2.C4H3ClO2S2.CH4/c1-2-17-12(14)10-5-3-7-13(9-10)19(15,16)11-6-4-8-18-11;12-10(13)8-3-1-5-11(7-8)17(14,15)9-4-2-6-16-9;1-2-11-8(10)7-4-3-5-9-6-7;5-9(6,7)4-2-1-3-8-4;/h4,6,8,10H,2-3,5,7,9H2,1H3;2,4,6,8H,1,3,5,7H2,(H,12,13);7,9H,2-6H2,1H3;1-3H;1H4/t10-;8-;7-;;/m111../s1. The van der Waals surface area contributed by atoms with Gasteiger partial charge in [0.2, 0.25) is 0 Å². The minimum absolute atomic E-state index is 0. The van der Waals surface area contributed by atoms with E-state index in [1.54, 1.807) is 53.4 Å². The van der Waals surface area contributed by atoms with Gasteiger partial charge in [-0.2, -0.15) is 8.61 Å². The third kappa shape index (κ3) is 15.9. The third-order valence-electron chi connectivity index (χ3n) is 8.57. The monoisotopic (exact) mass is 933 g/mol. The van der Waals surface area contributed by atoms with E-state index in [4.69, 9.17) is 25.3 Å².